The van der Waals surface area contributed by atoms with Crippen LogP contribution in [0.3, 0.4) is 0 Å². The van der Waals surface area contributed by atoms with Gasteiger partial charge in [-0.1, -0.05) is 12.1 Å². The molecule has 0 saturated carbocycles. The molecule has 5 heteroatoms. The Morgan fingerprint density at radius 2 is 1.67 bits per heavy atom. The smallest absolute Gasteiger partial charge is 0.336 e. The fraction of sp³-hybridized carbons (Fsp3) is 0.0625. The monoisotopic (exact) mass is 284 g/mol. The molecule has 108 valence electrons. The fourth-order valence-electron chi connectivity index (χ4n) is 1.68. The summed E-state index contributed by atoms with van der Waals surface area (Å²) in [6, 6.07) is 11.9. The lowest BCUT2D eigenvalue weighted by Gasteiger charge is -2.08. The summed E-state index contributed by atoms with van der Waals surface area (Å²) < 4.78 is 10.3. The van der Waals surface area contributed by atoms with Gasteiger partial charge in [0.15, 0.2) is 11.5 Å². The maximum atomic E-state index is 11.8. The molecule has 0 aliphatic rings. The van der Waals surface area contributed by atoms with E-state index in [0.717, 1.165) is 5.56 Å². The van der Waals surface area contributed by atoms with Gasteiger partial charge in [-0.2, -0.15) is 0 Å². The Morgan fingerprint density at radius 3 is 2.33 bits per heavy atom. The molecular weight excluding hydrogens is 268 g/mol. The summed E-state index contributed by atoms with van der Waals surface area (Å²) >= 11 is 0. The third kappa shape index (κ3) is 4.01. The molecule has 0 heterocycles. The van der Waals surface area contributed by atoms with E-state index < -0.39 is 5.97 Å². The molecule has 0 radical (unpaired) electrons. The molecule has 0 spiro atoms. The Kier molecular flexibility index (Phi) is 4.46. The van der Waals surface area contributed by atoms with Gasteiger partial charge >= 0.3 is 5.97 Å². The van der Waals surface area contributed by atoms with Crippen molar-refractivity contribution < 1.29 is 14.3 Å². The zero-order chi connectivity index (χ0) is 15.2. The van der Waals surface area contributed by atoms with Crippen LogP contribution in [0.5, 0.6) is 11.5 Å². The number of esters is 1. The number of ether oxygens (including phenoxy) is 2. The lowest BCUT2D eigenvalue weighted by atomic mass is 10.2. The van der Waals surface area contributed by atoms with Crippen LogP contribution in [0.15, 0.2) is 48.5 Å². The van der Waals surface area contributed by atoms with Gasteiger partial charge in [0.2, 0.25) is 0 Å². The Balaban J connectivity index is 2.06. The van der Waals surface area contributed by atoms with Gasteiger partial charge in [-0.3, -0.25) is 0 Å². The van der Waals surface area contributed by atoms with Crippen molar-refractivity contribution >= 4 is 23.4 Å². The summed E-state index contributed by atoms with van der Waals surface area (Å²) in [6.07, 6.45) is 2.98. The van der Waals surface area contributed by atoms with Gasteiger partial charge in [-0.05, 0) is 35.9 Å². The number of nitrogen functional groups attached to an aromatic ring is 2. The van der Waals surface area contributed by atoms with Gasteiger partial charge in [0, 0.05) is 23.5 Å². The normalized spacial score (nSPS) is 10.5. The highest BCUT2D eigenvalue weighted by Crippen LogP contribution is 2.29. The molecule has 2 aromatic carbocycles. The maximum absolute atomic E-state index is 11.8. The molecule has 0 saturated heterocycles. The van der Waals surface area contributed by atoms with E-state index in [-0.39, 0.29) is 0 Å². The minimum absolute atomic E-state index is 0.318. The van der Waals surface area contributed by atoms with Gasteiger partial charge in [0.1, 0.15) is 0 Å². The number of rotatable bonds is 4. The lowest BCUT2D eigenvalue weighted by molar-refractivity contribution is -0.129. The summed E-state index contributed by atoms with van der Waals surface area (Å²) in [7, 11) is 1.48. The van der Waals surface area contributed by atoms with Crippen molar-refractivity contribution in [2.75, 3.05) is 18.6 Å². The molecule has 0 fully saturated rings. The van der Waals surface area contributed by atoms with E-state index in [2.05, 4.69) is 0 Å². The number of benzene rings is 2. The van der Waals surface area contributed by atoms with Crippen molar-refractivity contribution in [2.24, 2.45) is 0 Å². The average Bonchev–Trinajstić information content (AvgIpc) is 2.48. The van der Waals surface area contributed by atoms with Crippen molar-refractivity contribution in [3.63, 3.8) is 0 Å². The molecule has 0 bridgehead atoms. The molecule has 0 amide bonds. The van der Waals surface area contributed by atoms with Gasteiger partial charge in [-0.15, -0.1) is 0 Å². The Hall–Kier alpha value is -2.95. The maximum Gasteiger partial charge on any atom is 0.336 e. The third-order valence-corrected chi connectivity index (χ3v) is 2.75. The molecule has 4 N–H and O–H groups in total. The molecule has 2 rings (SSSR count). The largest absolute Gasteiger partial charge is 0.493 e. The zero-order valence-corrected chi connectivity index (χ0v) is 11.6. The molecular formula is C16H16N2O3. The average molecular weight is 284 g/mol. The van der Waals surface area contributed by atoms with Crippen LogP contribution in [0, 0.1) is 0 Å². The zero-order valence-electron chi connectivity index (χ0n) is 11.6. The number of hydrogen-bond acceptors (Lipinski definition) is 5. The summed E-state index contributed by atoms with van der Waals surface area (Å²) in [5.41, 5.74) is 13.3. The summed E-state index contributed by atoms with van der Waals surface area (Å²) in [5.74, 6) is 0.220. The molecule has 0 aliphatic heterocycles. The predicted octanol–water partition coefficient (Wildman–Crippen LogP) is 2.48. The third-order valence-electron chi connectivity index (χ3n) is 2.75. The first kappa shape index (κ1) is 14.5. The molecule has 2 aromatic rings. The van der Waals surface area contributed by atoms with E-state index in [1.54, 1.807) is 36.4 Å². The van der Waals surface area contributed by atoms with Crippen molar-refractivity contribution in [3.8, 4) is 11.5 Å². The summed E-state index contributed by atoms with van der Waals surface area (Å²) in [4.78, 5) is 11.8. The topological polar surface area (TPSA) is 87.6 Å². The molecule has 5 nitrogen and oxygen atoms in total. The molecule has 0 unspecified atom stereocenters. The Bertz CT molecular complexity index is 664. The second kappa shape index (κ2) is 6.47. The van der Waals surface area contributed by atoms with Crippen LogP contribution in [0.2, 0.25) is 0 Å². The second-order valence-electron chi connectivity index (χ2n) is 4.33. The highest BCUT2D eigenvalue weighted by atomic mass is 16.6. The highest BCUT2D eigenvalue weighted by molar-refractivity contribution is 5.89. The van der Waals surface area contributed by atoms with E-state index >= 15 is 0 Å². The van der Waals surface area contributed by atoms with Gasteiger partial charge in [0.25, 0.3) is 0 Å². The lowest BCUT2D eigenvalue weighted by Crippen LogP contribution is -2.05. The van der Waals surface area contributed by atoms with Crippen LogP contribution in [-0.2, 0) is 4.79 Å². The van der Waals surface area contributed by atoms with Crippen LogP contribution in [0.25, 0.3) is 6.08 Å². The minimum Gasteiger partial charge on any atom is -0.493 e. The van der Waals surface area contributed by atoms with Crippen LogP contribution < -0.4 is 20.9 Å². The molecule has 0 atom stereocenters. The van der Waals surface area contributed by atoms with Crippen LogP contribution in [-0.4, -0.2) is 13.1 Å². The van der Waals surface area contributed by atoms with Crippen LogP contribution in [0.1, 0.15) is 5.56 Å². The summed E-state index contributed by atoms with van der Waals surface area (Å²) in [5, 5.41) is 0. The number of anilines is 2. The minimum atomic E-state index is -0.505. The first-order chi connectivity index (χ1) is 10.1. The van der Waals surface area contributed by atoms with E-state index in [1.165, 1.54) is 13.2 Å². The molecule has 21 heavy (non-hydrogen) atoms. The number of methoxy groups -OCH3 is 1. The first-order valence-electron chi connectivity index (χ1n) is 6.27. The van der Waals surface area contributed by atoms with E-state index in [1.807, 2.05) is 12.1 Å². The van der Waals surface area contributed by atoms with Gasteiger partial charge in [0.05, 0.1) is 7.11 Å². The second-order valence-corrected chi connectivity index (χ2v) is 4.33. The predicted molar refractivity (Wildman–Crippen MR) is 82.9 cm³/mol. The standard InChI is InChI=1S/C16H16N2O3/c1-20-15-10-13(18)7-8-14(15)21-16(19)9-4-11-2-5-12(17)6-3-11/h2-10H,17-18H2,1H3/b9-4+. The van der Waals surface area contributed by atoms with E-state index in [0.29, 0.717) is 22.9 Å². The van der Waals surface area contributed by atoms with E-state index in [9.17, 15) is 4.79 Å². The van der Waals surface area contributed by atoms with Gasteiger partial charge in [-0.25, -0.2) is 4.79 Å². The number of nitrogens with two attached hydrogens (primary N) is 2. The number of carbonyl (C=O) groups excluding carboxylic acids is 1. The Morgan fingerprint density at radius 1 is 1.00 bits per heavy atom. The Labute approximate surface area is 122 Å². The van der Waals surface area contributed by atoms with E-state index in [4.69, 9.17) is 20.9 Å². The number of carbonyl (C=O) groups is 1. The number of hydrogen-bond donors (Lipinski definition) is 2. The van der Waals surface area contributed by atoms with Crippen LogP contribution >= 0.6 is 0 Å². The van der Waals surface area contributed by atoms with Crippen molar-refractivity contribution in [1.29, 1.82) is 0 Å². The van der Waals surface area contributed by atoms with Gasteiger partial charge < -0.3 is 20.9 Å². The first-order valence-corrected chi connectivity index (χ1v) is 6.27. The fourth-order valence-corrected chi connectivity index (χ4v) is 1.68. The van der Waals surface area contributed by atoms with Crippen molar-refractivity contribution in [3.05, 3.63) is 54.1 Å². The van der Waals surface area contributed by atoms with Crippen molar-refractivity contribution in [2.45, 2.75) is 0 Å². The highest BCUT2D eigenvalue weighted by Gasteiger charge is 2.08. The summed E-state index contributed by atoms with van der Waals surface area (Å²) in [6.45, 7) is 0. The van der Waals surface area contributed by atoms with Crippen molar-refractivity contribution in [1.82, 2.24) is 0 Å². The SMILES string of the molecule is COc1cc(N)ccc1OC(=O)/C=C/c1ccc(N)cc1. The molecule has 0 aliphatic carbocycles. The van der Waals surface area contributed by atoms with Crippen LogP contribution in [0.4, 0.5) is 11.4 Å². The quantitative estimate of drug-likeness (QED) is 0.390. The molecule has 0 aromatic heterocycles.